The fourth-order valence-corrected chi connectivity index (χ4v) is 4.44. The normalized spacial score (nSPS) is 14.0. The molecule has 1 aromatic carbocycles. The number of carboxylic acids is 3. The number of carboxylic acid groups (broad SMARTS) is 3. The lowest BCUT2D eigenvalue weighted by Crippen LogP contribution is -2.58. The molecule has 0 radical (unpaired) electrons. The maximum atomic E-state index is 14.3. The SMILES string of the molecule is CC(C)[C@H](NC(=O)[C@H](CCC(=O)O)NC(=O)[C@@H](N)CC(=O)O)C(=O)N[C@@H](CC(=O)O)C(=O)c1c(C(F)(F)F)c2ccc(N)cc2oc1=O. The van der Waals surface area contributed by atoms with E-state index in [4.69, 9.17) is 26.1 Å². The van der Waals surface area contributed by atoms with E-state index in [-0.39, 0.29) is 5.69 Å². The van der Waals surface area contributed by atoms with Crippen molar-refractivity contribution < 1.29 is 66.5 Å². The van der Waals surface area contributed by atoms with Gasteiger partial charge in [-0.05, 0) is 24.5 Å². The Labute approximate surface area is 267 Å². The van der Waals surface area contributed by atoms with Gasteiger partial charge in [0.2, 0.25) is 17.7 Å². The van der Waals surface area contributed by atoms with Crippen molar-refractivity contribution in [3.63, 3.8) is 0 Å². The van der Waals surface area contributed by atoms with E-state index in [9.17, 15) is 56.6 Å². The molecule has 1 aromatic heterocycles. The zero-order chi connectivity index (χ0) is 36.7. The van der Waals surface area contributed by atoms with Crippen LogP contribution >= 0.6 is 0 Å². The predicted octanol–water partition coefficient (Wildman–Crippen LogP) is -0.171. The monoisotopic (exact) mass is 687 g/mol. The Kier molecular flexibility index (Phi) is 12.8. The summed E-state index contributed by atoms with van der Waals surface area (Å²) in [6.07, 6.45) is -8.79. The molecule has 0 bridgehead atoms. The smallest absolute Gasteiger partial charge is 0.418 e. The van der Waals surface area contributed by atoms with E-state index in [0.717, 1.165) is 18.2 Å². The Bertz CT molecular complexity index is 1670. The second-order valence-corrected chi connectivity index (χ2v) is 10.8. The molecule has 0 aliphatic rings. The van der Waals surface area contributed by atoms with Crippen LogP contribution < -0.4 is 33.0 Å². The van der Waals surface area contributed by atoms with Crippen LogP contribution in [0.1, 0.15) is 55.5 Å². The number of hydrogen-bond donors (Lipinski definition) is 8. The van der Waals surface area contributed by atoms with Crippen LogP contribution in [0.4, 0.5) is 18.9 Å². The van der Waals surface area contributed by atoms with Crippen molar-refractivity contribution >= 4 is 58.1 Å². The summed E-state index contributed by atoms with van der Waals surface area (Å²) < 4.78 is 47.6. The minimum Gasteiger partial charge on any atom is -0.481 e. The highest BCUT2D eigenvalue weighted by Gasteiger charge is 2.43. The van der Waals surface area contributed by atoms with Crippen LogP contribution in [-0.2, 0) is 34.9 Å². The Morgan fingerprint density at radius 2 is 1.44 bits per heavy atom. The van der Waals surface area contributed by atoms with Crippen LogP contribution in [-0.4, -0.2) is 80.9 Å². The summed E-state index contributed by atoms with van der Waals surface area (Å²) >= 11 is 0. The number of carbonyl (C=O) groups excluding carboxylic acids is 4. The largest absolute Gasteiger partial charge is 0.481 e. The van der Waals surface area contributed by atoms with Crippen LogP contribution in [0.5, 0.6) is 0 Å². The number of halogens is 3. The summed E-state index contributed by atoms with van der Waals surface area (Å²) in [6, 6.07) is -4.57. The Morgan fingerprint density at radius 3 is 1.96 bits per heavy atom. The molecule has 0 aliphatic heterocycles. The number of nitrogens with two attached hydrogens (primary N) is 2. The number of amides is 3. The summed E-state index contributed by atoms with van der Waals surface area (Å²) in [4.78, 5) is 98.6. The van der Waals surface area contributed by atoms with Crippen molar-refractivity contribution in [2.75, 3.05) is 5.73 Å². The maximum Gasteiger partial charge on any atom is 0.418 e. The lowest BCUT2D eigenvalue weighted by molar-refractivity contribution is -0.140. The molecule has 17 nitrogen and oxygen atoms in total. The molecule has 0 saturated heterocycles. The number of ketones is 1. The van der Waals surface area contributed by atoms with Gasteiger partial charge in [0.15, 0.2) is 5.78 Å². The van der Waals surface area contributed by atoms with E-state index in [1.165, 1.54) is 13.8 Å². The van der Waals surface area contributed by atoms with Crippen molar-refractivity contribution in [2.24, 2.45) is 11.7 Å². The first-order valence-electron chi connectivity index (χ1n) is 13.9. The third-order valence-electron chi connectivity index (χ3n) is 6.73. The van der Waals surface area contributed by atoms with Crippen molar-refractivity contribution in [3.8, 4) is 0 Å². The van der Waals surface area contributed by atoms with Gasteiger partial charge in [-0.25, -0.2) is 4.79 Å². The molecule has 20 heteroatoms. The number of alkyl halides is 3. The summed E-state index contributed by atoms with van der Waals surface area (Å²) in [7, 11) is 0. The Hall–Kier alpha value is -5.53. The topological polar surface area (TPSA) is 299 Å². The highest BCUT2D eigenvalue weighted by Crippen LogP contribution is 2.37. The molecule has 262 valence electrons. The fourth-order valence-electron chi connectivity index (χ4n) is 4.44. The predicted molar refractivity (Wildman–Crippen MR) is 156 cm³/mol. The molecule has 3 amide bonds. The van der Waals surface area contributed by atoms with Crippen LogP contribution in [0.2, 0.25) is 0 Å². The average molecular weight is 688 g/mol. The van der Waals surface area contributed by atoms with Crippen molar-refractivity contribution in [3.05, 3.63) is 39.7 Å². The molecule has 0 saturated carbocycles. The van der Waals surface area contributed by atoms with Gasteiger partial charge >= 0.3 is 29.7 Å². The molecule has 0 unspecified atom stereocenters. The molecular weight excluding hydrogens is 655 g/mol. The standard InChI is InChI=1S/C28H32F3N5O12/c1-10(2)22(36-25(45)14(5-6-17(37)38)34-24(44)13(33)8-18(39)40)26(46)35-15(9-19(41)42)23(43)20-21(28(29,30)31)12-4-3-11(32)7-16(12)48-27(20)47/h3-4,7,10,13-15,22H,5-6,8-9,32-33H2,1-2H3,(H,34,44)(H,35,46)(H,36,45)(H,37,38)(H,39,40)(H,41,42)/t13-,14-,15-,22-/m0/s1. The second-order valence-electron chi connectivity index (χ2n) is 10.8. The number of fused-ring (bicyclic) bond motifs is 1. The van der Waals surface area contributed by atoms with Crippen molar-refractivity contribution in [1.29, 1.82) is 0 Å². The van der Waals surface area contributed by atoms with Gasteiger partial charge in [0, 0.05) is 23.6 Å². The molecule has 1 heterocycles. The zero-order valence-electron chi connectivity index (χ0n) is 25.3. The van der Waals surface area contributed by atoms with E-state index >= 15 is 0 Å². The van der Waals surface area contributed by atoms with E-state index in [1.54, 1.807) is 0 Å². The van der Waals surface area contributed by atoms with Crippen molar-refractivity contribution in [1.82, 2.24) is 16.0 Å². The van der Waals surface area contributed by atoms with Gasteiger partial charge in [0.1, 0.15) is 29.3 Å². The molecule has 2 rings (SSSR count). The van der Waals surface area contributed by atoms with Gasteiger partial charge in [-0.1, -0.05) is 13.8 Å². The second kappa shape index (κ2) is 15.8. The number of benzene rings is 1. The minimum absolute atomic E-state index is 0.0801. The van der Waals surface area contributed by atoms with Gasteiger partial charge < -0.3 is 47.2 Å². The lowest BCUT2D eigenvalue weighted by atomic mass is 9.94. The van der Waals surface area contributed by atoms with E-state index < -0.39 is 131 Å². The molecule has 48 heavy (non-hydrogen) atoms. The quantitative estimate of drug-likeness (QED) is 0.0646. The average Bonchev–Trinajstić information content (AvgIpc) is 2.94. The third kappa shape index (κ3) is 10.2. The van der Waals surface area contributed by atoms with Crippen molar-refractivity contribution in [2.45, 2.75) is 69.9 Å². The molecule has 0 fully saturated rings. The number of Topliss-reactive ketones (excluding diaryl/α,β-unsaturated/α-hetero) is 1. The van der Waals surface area contributed by atoms with Gasteiger partial charge in [-0.3, -0.25) is 33.6 Å². The van der Waals surface area contributed by atoms with Crippen LogP contribution in [0.25, 0.3) is 11.0 Å². The lowest BCUT2D eigenvalue weighted by Gasteiger charge is -2.27. The Morgan fingerprint density at radius 1 is 0.854 bits per heavy atom. The number of anilines is 1. The van der Waals surface area contributed by atoms with Crippen LogP contribution in [0.15, 0.2) is 27.4 Å². The van der Waals surface area contributed by atoms with Gasteiger partial charge in [-0.15, -0.1) is 0 Å². The van der Waals surface area contributed by atoms with Crippen LogP contribution in [0.3, 0.4) is 0 Å². The Balaban J connectivity index is 2.48. The van der Waals surface area contributed by atoms with E-state index in [1.807, 2.05) is 5.32 Å². The summed E-state index contributed by atoms with van der Waals surface area (Å²) in [6.45, 7) is 2.72. The number of nitrogens with one attached hydrogen (secondary N) is 3. The first kappa shape index (κ1) is 38.7. The number of hydrogen-bond acceptors (Lipinski definition) is 11. The number of aliphatic carboxylic acids is 3. The first-order chi connectivity index (χ1) is 22.1. The van der Waals surface area contributed by atoms with E-state index in [0.29, 0.717) is 0 Å². The highest BCUT2D eigenvalue weighted by atomic mass is 19.4. The number of carbonyl (C=O) groups is 7. The molecular formula is C28H32F3N5O12. The molecule has 10 N–H and O–H groups in total. The molecule has 0 aliphatic carbocycles. The van der Waals surface area contributed by atoms with Gasteiger partial charge in [-0.2, -0.15) is 13.2 Å². The summed E-state index contributed by atoms with van der Waals surface area (Å²) in [5.74, 6) is -11.0. The maximum absolute atomic E-state index is 14.3. The summed E-state index contributed by atoms with van der Waals surface area (Å²) in [5.41, 5.74) is 5.15. The molecule has 2 aromatic rings. The molecule has 0 spiro atoms. The van der Waals surface area contributed by atoms with Gasteiger partial charge in [0.05, 0.1) is 24.4 Å². The number of nitrogen functional groups attached to an aromatic ring is 1. The third-order valence-corrected chi connectivity index (χ3v) is 6.73. The van der Waals surface area contributed by atoms with E-state index in [2.05, 4.69) is 10.6 Å². The minimum atomic E-state index is -5.36. The first-order valence-corrected chi connectivity index (χ1v) is 13.9. The van der Waals surface area contributed by atoms with Crippen LogP contribution in [0, 0.1) is 5.92 Å². The highest BCUT2D eigenvalue weighted by molar-refractivity contribution is 6.07. The number of rotatable bonds is 16. The zero-order valence-corrected chi connectivity index (χ0v) is 25.3. The summed E-state index contributed by atoms with van der Waals surface area (Å²) in [5, 5.41) is 32.8. The van der Waals surface area contributed by atoms with Gasteiger partial charge in [0.25, 0.3) is 0 Å². The fraction of sp³-hybridized carbons (Fsp3) is 0.429. The molecule has 4 atom stereocenters.